The van der Waals surface area contributed by atoms with Crippen molar-refractivity contribution in [3.8, 4) is 0 Å². The monoisotopic (exact) mass is 290 g/mol. The minimum absolute atomic E-state index is 0.291. The number of benzene rings is 1. The lowest BCUT2D eigenvalue weighted by Gasteiger charge is -2.29. The number of rotatable bonds is 4. The van der Waals surface area contributed by atoms with E-state index in [9.17, 15) is 4.79 Å². The van der Waals surface area contributed by atoms with Crippen LogP contribution in [0.2, 0.25) is 0 Å². The third-order valence-corrected chi connectivity index (χ3v) is 3.59. The van der Waals surface area contributed by atoms with E-state index >= 15 is 0 Å². The lowest BCUT2D eigenvalue weighted by Crippen LogP contribution is -2.34. The van der Waals surface area contributed by atoms with Crippen molar-refractivity contribution in [3.05, 3.63) is 29.8 Å². The normalized spacial score (nSPS) is 15.2. The Labute approximate surface area is 127 Å². The number of carbonyl (C=O) groups excluding carboxylic acids is 1. The maximum absolute atomic E-state index is 12.0. The Morgan fingerprint density at radius 2 is 2.00 bits per heavy atom. The molecule has 1 aromatic carbocycles. The van der Waals surface area contributed by atoms with E-state index in [4.69, 9.17) is 4.74 Å². The highest BCUT2D eigenvalue weighted by Crippen LogP contribution is 2.26. The van der Waals surface area contributed by atoms with Crippen molar-refractivity contribution >= 4 is 11.8 Å². The highest BCUT2D eigenvalue weighted by Gasteiger charge is 2.21. The summed E-state index contributed by atoms with van der Waals surface area (Å²) in [7, 11) is 1.77. The average molecular weight is 290 g/mol. The zero-order chi connectivity index (χ0) is 15.5. The van der Waals surface area contributed by atoms with Gasteiger partial charge in [-0.25, -0.2) is 4.79 Å². The molecule has 1 aliphatic rings. The van der Waals surface area contributed by atoms with Crippen LogP contribution >= 0.6 is 0 Å². The molecule has 21 heavy (non-hydrogen) atoms. The molecule has 0 bridgehead atoms. The quantitative estimate of drug-likeness (QED) is 0.910. The molecule has 0 saturated heterocycles. The van der Waals surface area contributed by atoms with Crippen molar-refractivity contribution in [2.24, 2.45) is 0 Å². The van der Waals surface area contributed by atoms with Crippen LogP contribution in [0.4, 0.5) is 10.5 Å². The predicted molar refractivity (Wildman–Crippen MR) is 85.4 cm³/mol. The summed E-state index contributed by atoms with van der Waals surface area (Å²) in [5, 5.41) is 3.56. The maximum atomic E-state index is 12.0. The Morgan fingerprint density at radius 3 is 2.57 bits per heavy atom. The van der Waals surface area contributed by atoms with E-state index in [1.54, 1.807) is 11.9 Å². The summed E-state index contributed by atoms with van der Waals surface area (Å²) in [4.78, 5) is 13.7. The molecule has 4 nitrogen and oxygen atoms in total. The molecule has 0 spiro atoms. The van der Waals surface area contributed by atoms with Crippen LogP contribution in [-0.2, 0) is 11.3 Å². The Balaban J connectivity index is 1.99. The molecule has 1 fully saturated rings. The van der Waals surface area contributed by atoms with Crippen LogP contribution in [0.5, 0.6) is 0 Å². The zero-order valence-corrected chi connectivity index (χ0v) is 13.5. The SMILES string of the molecule is CN(Cc1ccccc1NC1CCC1)C(=O)OC(C)(C)C. The number of carbonyl (C=O) groups is 1. The van der Waals surface area contributed by atoms with Crippen LogP contribution in [-0.4, -0.2) is 29.7 Å². The summed E-state index contributed by atoms with van der Waals surface area (Å²) >= 11 is 0. The third kappa shape index (κ3) is 4.66. The fourth-order valence-electron chi connectivity index (χ4n) is 2.23. The van der Waals surface area contributed by atoms with Gasteiger partial charge in [0.1, 0.15) is 5.60 Å². The van der Waals surface area contributed by atoms with Crippen molar-refractivity contribution in [1.29, 1.82) is 0 Å². The lowest BCUT2D eigenvalue weighted by molar-refractivity contribution is 0.0285. The fraction of sp³-hybridized carbons (Fsp3) is 0.588. The van der Waals surface area contributed by atoms with Gasteiger partial charge < -0.3 is 15.0 Å². The predicted octanol–water partition coefficient (Wildman–Crippen LogP) is 4.02. The minimum atomic E-state index is -0.463. The molecule has 4 heteroatoms. The first-order valence-corrected chi connectivity index (χ1v) is 7.64. The van der Waals surface area contributed by atoms with E-state index in [1.165, 1.54) is 19.3 Å². The Morgan fingerprint density at radius 1 is 1.33 bits per heavy atom. The number of para-hydroxylation sites is 1. The number of nitrogens with zero attached hydrogens (tertiary/aromatic N) is 1. The van der Waals surface area contributed by atoms with E-state index in [1.807, 2.05) is 32.9 Å². The molecule has 0 heterocycles. The highest BCUT2D eigenvalue weighted by atomic mass is 16.6. The molecule has 1 saturated carbocycles. The van der Waals surface area contributed by atoms with Gasteiger partial charge in [0.25, 0.3) is 0 Å². The van der Waals surface area contributed by atoms with Crippen LogP contribution in [0.3, 0.4) is 0 Å². The first kappa shape index (κ1) is 15.7. The van der Waals surface area contributed by atoms with Gasteiger partial charge in [-0.1, -0.05) is 18.2 Å². The number of ether oxygens (including phenoxy) is 1. The summed E-state index contributed by atoms with van der Waals surface area (Å²) in [5.74, 6) is 0. The summed E-state index contributed by atoms with van der Waals surface area (Å²) in [6.07, 6.45) is 3.48. The molecule has 2 rings (SSSR count). The van der Waals surface area contributed by atoms with Gasteiger partial charge in [-0.15, -0.1) is 0 Å². The second kappa shape index (κ2) is 6.37. The first-order valence-electron chi connectivity index (χ1n) is 7.64. The number of hydrogen-bond acceptors (Lipinski definition) is 3. The molecular formula is C17H26N2O2. The third-order valence-electron chi connectivity index (χ3n) is 3.59. The molecule has 1 aliphatic carbocycles. The van der Waals surface area contributed by atoms with E-state index < -0.39 is 5.60 Å². The molecule has 1 amide bonds. The second-order valence-corrected chi connectivity index (χ2v) is 6.77. The first-order chi connectivity index (χ1) is 9.85. The number of amides is 1. The number of nitrogens with one attached hydrogen (secondary N) is 1. The number of hydrogen-bond donors (Lipinski definition) is 1. The molecule has 0 aromatic heterocycles. The molecular weight excluding hydrogens is 264 g/mol. The van der Waals surface area contributed by atoms with Gasteiger partial charge in [-0.3, -0.25) is 0 Å². The van der Waals surface area contributed by atoms with Gasteiger partial charge >= 0.3 is 6.09 Å². The topological polar surface area (TPSA) is 41.6 Å². The highest BCUT2D eigenvalue weighted by molar-refractivity contribution is 5.68. The largest absolute Gasteiger partial charge is 0.444 e. The van der Waals surface area contributed by atoms with Crippen LogP contribution in [0.25, 0.3) is 0 Å². The second-order valence-electron chi connectivity index (χ2n) is 6.77. The maximum Gasteiger partial charge on any atom is 0.410 e. The summed E-state index contributed by atoms with van der Waals surface area (Å²) in [5.41, 5.74) is 1.78. The summed E-state index contributed by atoms with van der Waals surface area (Å²) in [6.45, 7) is 6.19. The molecule has 1 aromatic rings. The van der Waals surface area contributed by atoms with Crippen molar-refractivity contribution in [2.75, 3.05) is 12.4 Å². The Bertz CT molecular complexity index is 490. The number of anilines is 1. The van der Waals surface area contributed by atoms with Crippen molar-refractivity contribution in [1.82, 2.24) is 4.90 Å². The summed E-state index contributed by atoms with van der Waals surface area (Å²) < 4.78 is 5.39. The lowest BCUT2D eigenvalue weighted by atomic mass is 9.92. The standard InChI is InChI=1S/C17H26N2O2/c1-17(2,3)21-16(20)19(4)12-13-8-5-6-11-15(13)18-14-9-7-10-14/h5-6,8,11,14,18H,7,9-10,12H2,1-4H3. The molecule has 0 unspecified atom stereocenters. The van der Waals surface area contributed by atoms with E-state index in [0.717, 1.165) is 11.3 Å². The van der Waals surface area contributed by atoms with Gasteiger partial charge in [0.2, 0.25) is 0 Å². The molecule has 116 valence electrons. The Kier molecular flexibility index (Phi) is 4.76. The van der Waals surface area contributed by atoms with Gasteiger partial charge in [0.05, 0.1) is 6.54 Å². The smallest absolute Gasteiger partial charge is 0.410 e. The Hall–Kier alpha value is -1.71. The van der Waals surface area contributed by atoms with Crippen LogP contribution in [0.15, 0.2) is 24.3 Å². The van der Waals surface area contributed by atoms with Crippen molar-refractivity contribution in [2.45, 2.75) is 58.2 Å². The van der Waals surface area contributed by atoms with E-state index in [0.29, 0.717) is 12.6 Å². The van der Waals surface area contributed by atoms with Crippen LogP contribution < -0.4 is 5.32 Å². The van der Waals surface area contributed by atoms with E-state index in [2.05, 4.69) is 17.4 Å². The van der Waals surface area contributed by atoms with E-state index in [-0.39, 0.29) is 6.09 Å². The fourth-order valence-corrected chi connectivity index (χ4v) is 2.23. The molecule has 0 radical (unpaired) electrons. The van der Waals surface area contributed by atoms with Gasteiger partial charge in [0, 0.05) is 18.8 Å². The van der Waals surface area contributed by atoms with Crippen LogP contribution in [0, 0.1) is 0 Å². The molecule has 0 aliphatic heterocycles. The zero-order valence-electron chi connectivity index (χ0n) is 13.5. The molecule has 0 atom stereocenters. The van der Waals surface area contributed by atoms with Crippen molar-refractivity contribution in [3.63, 3.8) is 0 Å². The minimum Gasteiger partial charge on any atom is -0.444 e. The van der Waals surface area contributed by atoms with Gasteiger partial charge in [-0.2, -0.15) is 0 Å². The molecule has 1 N–H and O–H groups in total. The van der Waals surface area contributed by atoms with Gasteiger partial charge in [0.15, 0.2) is 0 Å². The summed E-state index contributed by atoms with van der Waals surface area (Å²) in [6, 6.07) is 8.75. The van der Waals surface area contributed by atoms with Crippen LogP contribution in [0.1, 0.15) is 45.6 Å². The van der Waals surface area contributed by atoms with Crippen molar-refractivity contribution < 1.29 is 9.53 Å². The average Bonchev–Trinajstić information content (AvgIpc) is 2.33. The van der Waals surface area contributed by atoms with Gasteiger partial charge in [-0.05, 0) is 51.7 Å².